The first-order chi connectivity index (χ1) is 8.20. The quantitative estimate of drug-likeness (QED) is 0.782. The third-order valence-electron chi connectivity index (χ3n) is 3.74. The zero-order valence-electron chi connectivity index (χ0n) is 11.4. The molecular formula is C16H25N. The maximum Gasteiger partial charge on any atom is 0.0343 e. The Morgan fingerprint density at radius 2 is 1.82 bits per heavy atom. The molecular weight excluding hydrogens is 206 g/mol. The molecule has 1 saturated carbocycles. The minimum atomic E-state index is 0.515. The van der Waals surface area contributed by atoms with Crippen LogP contribution in [0.1, 0.15) is 50.8 Å². The van der Waals surface area contributed by atoms with Crippen molar-refractivity contribution in [3.8, 4) is 0 Å². The van der Waals surface area contributed by atoms with E-state index in [-0.39, 0.29) is 0 Å². The molecule has 0 radical (unpaired) electrons. The Balaban J connectivity index is 2.01. The normalized spacial score (nSPS) is 17.4. The minimum absolute atomic E-state index is 0.515. The number of nitrogens with one attached hydrogen (secondary N) is 1. The fourth-order valence-corrected chi connectivity index (χ4v) is 2.31. The molecule has 0 spiro atoms. The summed E-state index contributed by atoms with van der Waals surface area (Å²) in [6, 6.07) is 9.64. The summed E-state index contributed by atoms with van der Waals surface area (Å²) in [6.07, 6.45) is 3.97. The molecule has 0 amide bonds. The second kappa shape index (κ2) is 5.68. The zero-order chi connectivity index (χ0) is 12.3. The fraction of sp³-hybridized carbons (Fsp3) is 0.625. The average molecular weight is 231 g/mol. The summed E-state index contributed by atoms with van der Waals surface area (Å²) in [6.45, 7) is 8.01. The van der Waals surface area contributed by atoms with Crippen LogP contribution in [0.5, 0.6) is 0 Å². The van der Waals surface area contributed by atoms with E-state index in [1.165, 1.54) is 30.5 Å². The van der Waals surface area contributed by atoms with E-state index >= 15 is 0 Å². The Morgan fingerprint density at radius 3 is 2.29 bits per heavy atom. The van der Waals surface area contributed by atoms with E-state index in [0.29, 0.717) is 12.0 Å². The van der Waals surface area contributed by atoms with Crippen molar-refractivity contribution < 1.29 is 0 Å². The van der Waals surface area contributed by atoms with E-state index in [4.69, 9.17) is 0 Å². The van der Waals surface area contributed by atoms with Crippen molar-refractivity contribution in [2.45, 2.75) is 46.1 Å². The van der Waals surface area contributed by atoms with Gasteiger partial charge in [-0.2, -0.15) is 0 Å². The Bertz CT molecular complexity index is 335. The Labute approximate surface area is 106 Å². The molecule has 0 bridgehead atoms. The van der Waals surface area contributed by atoms with Crippen LogP contribution in [0, 0.1) is 11.8 Å². The van der Waals surface area contributed by atoms with Crippen LogP contribution in [0.25, 0.3) is 0 Å². The molecule has 94 valence electrons. The lowest BCUT2D eigenvalue weighted by molar-refractivity contribution is 0.405. The summed E-state index contributed by atoms with van der Waals surface area (Å²) in [7, 11) is 0. The van der Waals surface area contributed by atoms with Crippen LogP contribution in [-0.2, 0) is 6.42 Å². The average Bonchev–Trinajstić information content (AvgIpc) is 3.14. The van der Waals surface area contributed by atoms with Gasteiger partial charge in [0.1, 0.15) is 0 Å². The summed E-state index contributed by atoms with van der Waals surface area (Å²) < 4.78 is 0. The summed E-state index contributed by atoms with van der Waals surface area (Å²) in [4.78, 5) is 0. The van der Waals surface area contributed by atoms with Crippen molar-refractivity contribution in [2.75, 3.05) is 6.54 Å². The molecule has 1 unspecified atom stereocenters. The van der Waals surface area contributed by atoms with Crippen LogP contribution in [0.15, 0.2) is 24.3 Å². The lowest BCUT2D eigenvalue weighted by atomic mass is 9.95. The first kappa shape index (κ1) is 12.6. The summed E-state index contributed by atoms with van der Waals surface area (Å²) in [5.41, 5.74) is 2.87. The highest BCUT2D eigenvalue weighted by Crippen LogP contribution is 2.30. The molecule has 1 aromatic rings. The smallest absolute Gasteiger partial charge is 0.0343 e. The van der Waals surface area contributed by atoms with E-state index in [1.807, 2.05) is 0 Å². The van der Waals surface area contributed by atoms with Gasteiger partial charge in [0.2, 0.25) is 0 Å². The largest absolute Gasteiger partial charge is 0.309 e. The predicted molar refractivity (Wildman–Crippen MR) is 74.1 cm³/mol. The van der Waals surface area contributed by atoms with Crippen molar-refractivity contribution in [3.05, 3.63) is 35.4 Å². The topological polar surface area (TPSA) is 12.0 Å². The van der Waals surface area contributed by atoms with E-state index in [1.54, 1.807) is 0 Å². The molecule has 1 aliphatic rings. The van der Waals surface area contributed by atoms with Gasteiger partial charge in [-0.1, -0.05) is 45.0 Å². The highest BCUT2D eigenvalue weighted by molar-refractivity contribution is 5.25. The number of rotatable bonds is 6. The molecule has 1 atom stereocenters. The predicted octanol–water partition coefficient (Wildman–Crippen LogP) is 3.95. The lowest BCUT2D eigenvalue weighted by Gasteiger charge is -2.23. The molecule has 1 nitrogen and oxygen atoms in total. The maximum atomic E-state index is 3.73. The van der Waals surface area contributed by atoms with Crippen LogP contribution in [0.4, 0.5) is 0 Å². The first-order valence-corrected chi connectivity index (χ1v) is 7.03. The van der Waals surface area contributed by atoms with Crippen molar-refractivity contribution in [1.29, 1.82) is 0 Å². The highest BCUT2D eigenvalue weighted by atomic mass is 14.9. The summed E-state index contributed by atoms with van der Waals surface area (Å²) in [5.74, 6) is 1.60. The van der Waals surface area contributed by atoms with Gasteiger partial charge in [-0.05, 0) is 48.8 Å². The van der Waals surface area contributed by atoms with Gasteiger partial charge < -0.3 is 5.32 Å². The molecule has 0 heterocycles. The van der Waals surface area contributed by atoms with Crippen LogP contribution in [0.2, 0.25) is 0 Å². The zero-order valence-corrected chi connectivity index (χ0v) is 11.4. The highest BCUT2D eigenvalue weighted by Gasteiger charge is 2.23. The molecule has 0 saturated heterocycles. The molecule has 1 fully saturated rings. The Kier molecular flexibility index (Phi) is 4.22. The van der Waals surface area contributed by atoms with Gasteiger partial charge in [-0.15, -0.1) is 0 Å². The van der Waals surface area contributed by atoms with E-state index in [2.05, 4.69) is 50.4 Å². The lowest BCUT2D eigenvalue weighted by Crippen LogP contribution is -2.27. The van der Waals surface area contributed by atoms with Gasteiger partial charge in [0.15, 0.2) is 0 Å². The number of hydrogen-bond acceptors (Lipinski definition) is 1. The summed E-state index contributed by atoms with van der Waals surface area (Å²) >= 11 is 0. The molecule has 1 aliphatic carbocycles. The standard InChI is InChI=1S/C16H25N/c1-4-13-7-9-15(10-8-13)16(12(2)3)17-11-14-5-6-14/h7-10,12,14,16-17H,4-6,11H2,1-3H3. The van der Waals surface area contributed by atoms with Crippen molar-refractivity contribution in [1.82, 2.24) is 5.32 Å². The third kappa shape index (κ3) is 3.57. The van der Waals surface area contributed by atoms with Gasteiger partial charge in [0, 0.05) is 6.04 Å². The van der Waals surface area contributed by atoms with E-state index in [9.17, 15) is 0 Å². The van der Waals surface area contributed by atoms with Crippen LogP contribution >= 0.6 is 0 Å². The summed E-state index contributed by atoms with van der Waals surface area (Å²) in [5, 5.41) is 3.73. The van der Waals surface area contributed by atoms with Crippen molar-refractivity contribution in [2.24, 2.45) is 11.8 Å². The minimum Gasteiger partial charge on any atom is -0.309 e. The molecule has 0 aromatic heterocycles. The molecule has 1 heteroatoms. The molecule has 17 heavy (non-hydrogen) atoms. The molecule has 1 aromatic carbocycles. The van der Waals surface area contributed by atoms with Crippen LogP contribution in [-0.4, -0.2) is 6.54 Å². The Hall–Kier alpha value is -0.820. The van der Waals surface area contributed by atoms with Gasteiger partial charge in [0.25, 0.3) is 0 Å². The van der Waals surface area contributed by atoms with Gasteiger partial charge in [-0.3, -0.25) is 0 Å². The van der Waals surface area contributed by atoms with E-state index < -0.39 is 0 Å². The second-order valence-electron chi connectivity index (χ2n) is 5.67. The monoisotopic (exact) mass is 231 g/mol. The van der Waals surface area contributed by atoms with Crippen molar-refractivity contribution >= 4 is 0 Å². The van der Waals surface area contributed by atoms with Crippen molar-refractivity contribution in [3.63, 3.8) is 0 Å². The van der Waals surface area contributed by atoms with Gasteiger partial charge >= 0.3 is 0 Å². The Morgan fingerprint density at radius 1 is 1.18 bits per heavy atom. The first-order valence-electron chi connectivity index (χ1n) is 7.03. The molecule has 0 aliphatic heterocycles. The number of hydrogen-bond donors (Lipinski definition) is 1. The number of benzene rings is 1. The second-order valence-corrected chi connectivity index (χ2v) is 5.67. The van der Waals surface area contributed by atoms with Gasteiger partial charge in [0.05, 0.1) is 0 Å². The van der Waals surface area contributed by atoms with E-state index in [0.717, 1.165) is 12.3 Å². The number of aryl methyl sites for hydroxylation is 1. The molecule has 1 N–H and O–H groups in total. The SMILES string of the molecule is CCc1ccc(C(NCC2CC2)C(C)C)cc1. The van der Waals surface area contributed by atoms with Crippen LogP contribution in [0.3, 0.4) is 0 Å². The fourth-order valence-electron chi connectivity index (χ4n) is 2.31. The molecule has 2 rings (SSSR count). The maximum absolute atomic E-state index is 3.73. The van der Waals surface area contributed by atoms with Gasteiger partial charge in [-0.25, -0.2) is 0 Å². The van der Waals surface area contributed by atoms with Crippen LogP contribution < -0.4 is 5.32 Å². The third-order valence-corrected chi connectivity index (χ3v) is 3.74.